The number of halogens is 2. The zero-order valence-corrected chi connectivity index (χ0v) is 13.9. The molecule has 1 amide bonds. The first kappa shape index (κ1) is 17.2. The quantitative estimate of drug-likeness (QED) is 0.729. The van der Waals surface area contributed by atoms with E-state index in [1.165, 1.54) is 14.2 Å². The monoisotopic (exact) mass is 364 g/mol. The number of nitrogens with two attached hydrogens (primary N) is 1. The molecule has 1 aromatic rings. The first-order valence-electron chi connectivity index (χ1n) is 5.91. The Hall–Kier alpha value is -0.820. The summed E-state index contributed by atoms with van der Waals surface area (Å²) in [5, 5.41) is 3.68. The Kier molecular flexibility index (Phi) is 6.26. The van der Waals surface area contributed by atoms with E-state index in [2.05, 4.69) is 21.2 Å². The molecule has 1 unspecified atom stereocenters. The normalized spacial score (nSPS) is 14.1. The van der Waals surface area contributed by atoms with Crippen LogP contribution < -0.4 is 11.1 Å². The third kappa shape index (κ3) is 4.34. The van der Waals surface area contributed by atoms with Crippen LogP contribution in [0, 0.1) is 0 Å². The third-order valence-corrected chi connectivity index (χ3v) is 4.20. The fourth-order valence-electron chi connectivity index (χ4n) is 1.70. The van der Waals surface area contributed by atoms with Crippen molar-refractivity contribution in [1.82, 2.24) is 0 Å². The van der Waals surface area contributed by atoms with E-state index in [1.807, 2.05) is 0 Å². The molecular weight excluding hydrogens is 348 g/mol. The predicted molar refractivity (Wildman–Crippen MR) is 82.8 cm³/mol. The van der Waals surface area contributed by atoms with Crippen LogP contribution in [0.15, 0.2) is 22.7 Å². The molecule has 0 aliphatic carbocycles. The van der Waals surface area contributed by atoms with Gasteiger partial charge in [0.2, 0.25) is 5.91 Å². The zero-order chi connectivity index (χ0) is 15.3. The molecule has 5 nitrogen and oxygen atoms in total. The Morgan fingerprint density at radius 3 is 2.55 bits per heavy atom. The Morgan fingerprint density at radius 2 is 2.10 bits per heavy atom. The molecule has 0 bridgehead atoms. The summed E-state index contributed by atoms with van der Waals surface area (Å²) in [5.74, 6) is -0.498. The number of primary amides is 1. The molecule has 3 N–H and O–H groups in total. The molecule has 0 heterocycles. The predicted octanol–water partition coefficient (Wildman–Crippen LogP) is 2.77. The lowest BCUT2D eigenvalue weighted by Crippen LogP contribution is -2.50. The average molecular weight is 366 g/mol. The Balaban J connectivity index is 2.95. The second-order valence-corrected chi connectivity index (χ2v) is 5.82. The van der Waals surface area contributed by atoms with Crippen LogP contribution in [0.5, 0.6) is 0 Å². The van der Waals surface area contributed by atoms with Crippen molar-refractivity contribution in [2.24, 2.45) is 5.73 Å². The minimum atomic E-state index is -1.01. The summed E-state index contributed by atoms with van der Waals surface area (Å²) < 4.78 is 11.0. The number of hydrogen-bond donors (Lipinski definition) is 2. The van der Waals surface area contributed by atoms with Gasteiger partial charge >= 0.3 is 0 Å². The van der Waals surface area contributed by atoms with Crippen molar-refractivity contribution in [3.8, 4) is 0 Å². The summed E-state index contributed by atoms with van der Waals surface area (Å²) in [6, 6.07) is 5.26. The van der Waals surface area contributed by atoms with Gasteiger partial charge in [0.25, 0.3) is 0 Å². The zero-order valence-electron chi connectivity index (χ0n) is 11.6. The van der Waals surface area contributed by atoms with E-state index in [0.29, 0.717) is 10.7 Å². The number of amides is 1. The molecule has 0 aromatic heterocycles. The molecule has 1 rings (SSSR count). The van der Waals surface area contributed by atoms with Crippen molar-refractivity contribution in [3.05, 3.63) is 27.7 Å². The highest BCUT2D eigenvalue weighted by Crippen LogP contribution is 2.28. The van der Waals surface area contributed by atoms with E-state index in [4.69, 9.17) is 26.8 Å². The lowest BCUT2D eigenvalue weighted by molar-refractivity contribution is -0.134. The SMILES string of the molecule is COC(CC(C)(Nc1ccc(Cl)c(Br)c1)C(N)=O)OC. The van der Waals surface area contributed by atoms with Gasteiger partial charge in [0.1, 0.15) is 5.54 Å². The van der Waals surface area contributed by atoms with Gasteiger partial charge in [-0.25, -0.2) is 0 Å². The highest BCUT2D eigenvalue weighted by Gasteiger charge is 2.34. The van der Waals surface area contributed by atoms with Crippen molar-refractivity contribution < 1.29 is 14.3 Å². The summed E-state index contributed by atoms with van der Waals surface area (Å²) in [5.41, 5.74) is 5.20. The molecule has 0 spiro atoms. The van der Waals surface area contributed by atoms with E-state index in [1.54, 1.807) is 25.1 Å². The second-order valence-electron chi connectivity index (χ2n) is 4.56. The van der Waals surface area contributed by atoms with E-state index < -0.39 is 17.7 Å². The van der Waals surface area contributed by atoms with Gasteiger partial charge in [0, 0.05) is 30.8 Å². The standard InChI is InChI=1S/C13H18BrClN2O3/c1-13(12(16)18,7-11(19-2)20-3)17-8-4-5-10(15)9(14)6-8/h4-6,11,17H,7H2,1-3H3,(H2,16,18). The molecule has 0 radical (unpaired) electrons. The molecule has 112 valence electrons. The van der Waals surface area contributed by atoms with Gasteiger partial charge in [-0.1, -0.05) is 11.6 Å². The summed E-state index contributed by atoms with van der Waals surface area (Å²) in [6.45, 7) is 1.70. The summed E-state index contributed by atoms with van der Waals surface area (Å²) >= 11 is 9.27. The van der Waals surface area contributed by atoms with Crippen LogP contribution in [0.1, 0.15) is 13.3 Å². The number of ether oxygens (including phenoxy) is 2. The molecule has 0 fully saturated rings. The van der Waals surface area contributed by atoms with Crippen molar-refractivity contribution >= 4 is 39.1 Å². The van der Waals surface area contributed by atoms with Gasteiger partial charge < -0.3 is 20.5 Å². The lowest BCUT2D eigenvalue weighted by atomic mass is 9.96. The molecular formula is C13H18BrClN2O3. The Labute approximate surface area is 131 Å². The number of benzene rings is 1. The third-order valence-electron chi connectivity index (χ3n) is 2.98. The molecule has 1 aromatic carbocycles. The van der Waals surface area contributed by atoms with Crippen molar-refractivity contribution in [3.63, 3.8) is 0 Å². The maximum atomic E-state index is 11.8. The molecule has 0 saturated heterocycles. The van der Waals surface area contributed by atoms with Crippen molar-refractivity contribution in [2.45, 2.75) is 25.2 Å². The van der Waals surface area contributed by atoms with Crippen LogP contribution in [0.25, 0.3) is 0 Å². The lowest BCUT2D eigenvalue weighted by Gasteiger charge is -2.31. The minimum Gasteiger partial charge on any atom is -0.371 e. The van der Waals surface area contributed by atoms with Crippen molar-refractivity contribution in [1.29, 1.82) is 0 Å². The number of hydrogen-bond acceptors (Lipinski definition) is 4. The topological polar surface area (TPSA) is 73.6 Å². The number of carbonyl (C=O) groups is 1. The van der Waals surface area contributed by atoms with Crippen LogP contribution in [-0.4, -0.2) is 32.0 Å². The number of rotatable bonds is 7. The molecule has 1 atom stereocenters. The number of anilines is 1. The van der Waals surface area contributed by atoms with Crippen molar-refractivity contribution in [2.75, 3.05) is 19.5 Å². The molecule has 0 aliphatic rings. The van der Waals surface area contributed by atoms with E-state index in [9.17, 15) is 4.79 Å². The highest BCUT2D eigenvalue weighted by molar-refractivity contribution is 9.10. The van der Waals surface area contributed by atoms with Gasteiger partial charge in [0.15, 0.2) is 6.29 Å². The van der Waals surface area contributed by atoms with Gasteiger partial charge in [-0.2, -0.15) is 0 Å². The van der Waals surface area contributed by atoms with Gasteiger partial charge in [-0.05, 0) is 41.1 Å². The number of carbonyl (C=O) groups excluding carboxylic acids is 1. The van der Waals surface area contributed by atoms with Crippen LogP contribution in [-0.2, 0) is 14.3 Å². The van der Waals surface area contributed by atoms with Crippen LogP contribution >= 0.6 is 27.5 Å². The van der Waals surface area contributed by atoms with Crippen LogP contribution in [0.4, 0.5) is 5.69 Å². The average Bonchev–Trinajstić information content (AvgIpc) is 2.40. The van der Waals surface area contributed by atoms with E-state index in [-0.39, 0.29) is 6.42 Å². The maximum Gasteiger partial charge on any atom is 0.243 e. The van der Waals surface area contributed by atoms with E-state index in [0.717, 1.165) is 4.47 Å². The van der Waals surface area contributed by atoms with Crippen LogP contribution in [0.3, 0.4) is 0 Å². The highest BCUT2D eigenvalue weighted by atomic mass is 79.9. The smallest absolute Gasteiger partial charge is 0.243 e. The first-order valence-corrected chi connectivity index (χ1v) is 7.08. The minimum absolute atomic E-state index is 0.273. The summed E-state index contributed by atoms with van der Waals surface area (Å²) in [4.78, 5) is 11.8. The van der Waals surface area contributed by atoms with Crippen LogP contribution in [0.2, 0.25) is 5.02 Å². The first-order chi connectivity index (χ1) is 9.32. The summed E-state index contributed by atoms with van der Waals surface area (Å²) in [7, 11) is 3.02. The fraction of sp³-hybridized carbons (Fsp3) is 0.462. The van der Waals surface area contributed by atoms with E-state index >= 15 is 0 Å². The van der Waals surface area contributed by atoms with Gasteiger partial charge in [0.05, 0.1) is 5.02 Å². The number of nitrogens with one attached hydrogen (secondary N) is 1. The molecule has 7 heteroatoms. The largest absolute Gasteiger partial charge is 0.371 e. The Morgan fingerprint density at radius 1 is 1.50 bits per heavy atom. The van der Waals surface area contributed by atoms with Gasteiger partial charge in [-0.15, -0.1) is 0 Å². The molecule has 0 aliphatic heterocycles. The maximum absolute atomic E-state index is 11.8. The second kappa shape index (κ2) is 7.26. The van der Waals surface area contributed by atoms with Gasteiger partial charge in [-0.3, -0.25) is 4.79 Å². The summed E-state index contributed by atoms with van der Waals surface area (Å²) in [6.07, 6.45) is -0.258. The number of methoxy groups -OCH3 is 2. The molecule has 0 saturated carbocycles. The Bertz CT molecular complexity index is 483. The molecule has 20 heavy (non-hydrogen) atoms. The fourth-order valence-corrected chi connectivity index (χ4v) is 2.20.